The summed E-state index contributed by atoms with van der Waals surface area (Å²) < 4.78 is 0. The molecule has 1 aliphatic rings. The zero-order chi connectivity index (χ0) is 11.0. The maximum atomic E-state index is 3.45. The Labute approximate surface area is 92.3 Å². The number of hydrogen-bond donors (Lipinski definition) is 1. The van der Waals surface area contributed by atoms with E-state index < -0.39 is 0 Å². The number of hydrogen-bond acceptors (Lipinski definition) is 2. The Bertz CT molecular complexity index is 381. The van der Waals surface area contributed by atoms with Crippen molar-refractivity contribution in [2.24, 2.45) is 0 Å². The Kier molecular flexibility index (Phi) is 2.70. The first-order valence-corrected chi connectivity index (χ1v) is 5.60. The van der Waals surface area contributed by atoms with Crippen molar-refractivity contribution >= 4 is 5.69 Å². The quantitative estimate of drug-likeness (QED) is 0.795. The minimum atomic E-state index is 1.05. The Hall–Kier alpha value is -1.02. The fourth-order valence-electron chi connectivity index (χ4n) is 2.43. The highest BCUT2D eigenvalue weighted by molar-refractivity contribution is 5.62. The van der Waals surface area contributed by atoms with E-state index in [4.69, 9.17) is 0 Å². The molecule has 0 saturated carbocycles. The number of rotatable bonds is 2. The molecule has 2 nitrogen and oxygen atoms in total. The largest absolute Gasteiger partial charge is 0.384 e. The minimum Gasteiger partial charge on any atom is -0.384 e. The summed E-state index contributed by atoms with van der Waals surface area (Å²) in [7, 11) is 4.26. The van der Waals surface area contributed by atoms with Crippen LogP contribution in [0.25, 0.3) is 0 Å². The maximum absolute atomic E-state index is 3.45. The Balaban J connectivity index is 2.46. The normalized spacial score (nSPS) is 14.2. The molecule has 1 aromatic carbocycles. The molecular formula is C13H20N2. The summed E-state index contributed by atoms with van der Waals surface area (Å²) >= 11 is 0. The topological polar surface area (TPSA) is 15.3 Å². The highest BCUT2D eigenvalue weighted by atomic mass is 15.0. The third kappa shape index (κ3) is 1.86. The lowest BCUT2D eigenvalue weighted by molar-refractivity contribution is 0.400. The van der Waals surface area contributed by atoms with Crippen molar-refractivity contribution in [1.82, 2.24) is 4.90 Å². The van der Waals surface area contributed by atoms with Crippen molar-refractivity contribution in [2.45, 2.75) is 26.8 Å². The molecule has 0 aliphatic carbocycles. The summed E-state index contributed by atoms with van der Waals surface area (Å²) in [5.41, 5.74) is 7.28. The predicted octanol–water partition coefficient (Wildman–Crippen LogP) is 2.33. The zero-order valence-electron chi connectivity index (χ0n) is 10.1. The van der Waals surface area contributed by atoms with Gasteiger partial charge < -0.3 is 10.2 Å². The van der Waals surface area contributed by atoms with Gasteiger partial charge in [-0.15, -0.1) is 0 Å². The summed E-state index contributed by atoms with van der Waals surface area (Å²) in [6.07, 6.45) is 1.18. The second-order valence-electron chi connectivity index (χ2n) is 4.74. The van der Waals surface area contributed by atoms with E-state index in [1.54, 1.807) is 0 Å². The molecule has 2 heteroatoms. The van der Waals surface area contributed by atoms with Gasteiger partial charge in [-0.25, -0.2) is 0 Å². The van der Waals surface area contributed by atoms with Crippen molar-refractivity contribution < 1.29 is 0 Å². The first kappa shape index (κ1) is 10.5. The van der Waals surface area contributed by atoms with Gasteiger partial charge in [0.05, 0.1) is 0 Å². The molecule has 1 heterocycles. The Morgan fingerprint density at radius 2 is 2.07 bits per heavy atom. The lowest BCUT2D eigenvalue weighted by Crippen LogP contribution is -2.13. The van der Waals surface area contributed by atoms with Crippen LogP contribution >= 0.6 is 0 Å². The summed E-state index contributed by atoms with van der Waals surface area (Å²) in [5.74, 6) is 0. The van der Waals surface area contributed by atoms with E-state index in [9.17, 15) is 0 Å². The molecule has 0 spiro atoms. The van der Waals surface area contributed by atoms with E-state index in [1.165, 1.54) is 34.4 Å². The third-order valence-corrected chi connectivity index (χ3v) is 3.23. The van der Waals surface area contributed by atoms with E-state index in [0.29, 0.717) is 0 Å². The van der Waals surface area contributed by atoms with Crippen molar-refractivity contribution in [3.63, 3.8) is 0 Å². The summed E-state index contributed by atoms with van der Waals surface area (Å²) in [6, 6.07) is 2.30. The van der Waals surface area contributed by atoms with E-state index in [1.807, 2.05) is 0 Å². The first-order chi connectivity index (χ1) is 7.09. The lowest BCUT2D eigenvalue weighted by atomic mass is 9.95. The molecule has 0 unspecified atom stereocenters. The molecule has 0 bridgehead atoms. The number of anilines is 1. The molecule has 0 atom stereocenters. The fraction of sp³-hybridized carbons (Fsp3) is 0.538. The number of aryl methyl sites for hydroxylation is 1. The molecule has 82 valence electrons. The van der Waals surface area contributed by atoms with Gasteiger partial charge in [0.25, 0.3) is 0 Å². The van der Waals surface area contributed by atoms with Crippen molar-refractivity contribution in [1.29, 1.82) is 0 Å². The number of nitrogens with zero attached hydrogens (tertiary/aromatic N) is 1. The SMILES string of the molecule is Cc1cc2c(c(C)c1CN(C)C)CCN2. The summed E-state index contributed by atoms with van der Waals surface area (Å²) in [6.45, 7) is 6.62. The van der Waals surface area contributed by atoms with Crippen molar-refractivity contribution in [2.75, 3.05) is 26.0 Å². The van der Waals surface area contributed by atoms with Crippen LogP contribution in [0.3, 0.4) is 0 Å². The van der Waals surface area contributed by atoms with Gasteiger partial charge >= 0.3 is 0 Å². The number of nitrogens with one attached hydrogen (secondary N) is 1. The molecular weight excluding hydrogens is 184 g/mol. The van der Waals surface area contributed by atoms with E-state index in [2.05, 4.69) is 44.2 Å². The molecule has 0 aromatic heterocycles. The standard InChI is InChI=1S/C13H20N2/c1-9-7-13-11(5-6-14-13)10(2)12(9)8-15(3)4/h7,14H,5-6,8H2,1-4H3. The average molecular weight is 204 g/mol. The Morgan fingerprint density at radius 3 is 2.73 bits per heavy atom. The fourth-order valence-corrected chi connectivity index (χ4v) is 2.43. The smallest absolute Gasteiger partial charge is 0.0379 e. The molecule has 0 fully saturated rings. The van der Waals surface area contributed by atoms with Gasteiger partial charge in [-0.1, -0.05) is 0 Å². The third-order valence-electron chi connectivity index (χ3n) is 3.23. The monoisotopic (exact) mass is 204 g/mol. The van der Waals surface area contributed by atoms with Gasteiger partial charge in [0.1, 0.15) is 0 Å². The maximum Gasteiger partial charge on any atom is 0.0379 e. The highest BCUT2D eigenvalue weighted by Gasteiger charge is 2.16. The minimum absolute atomic E-state index is 1.05. The predicted molar refractivity (Wildman–Crippen MR) is 65.5 cm³/mol. The van der Waals surface area contributed by atoms with Crippen molar-refractivity contribution in [3.8, 4) is 0 Å². The van der Waals surface area contributed by atoms with Crippen LogP contribution < -0.4 is 5.32 Å². The molecule has 0 radical (unpaired) electrons. The van der Waals surface area contributed by atoms with Gasteiger partial charge in [-0.3, -0.25) is 0 Å². The lowest BCUT2D eigenvalue weighted by Gasteiger charge is -2.17. The molecule has 1 aromatic rings. The van der Waals surface area contributed by atoms with Gasteiger partial charge in [0.2, 0.25) is 0 Å². The van der Waals surface area contributed by atoms with E-state index >= 15 is 0 Å². The van der Waals surface area contributed by atoms with E-state index in [0.717, 1.165) is 13.1 Å². The van der Waals surface area contributed by atoms with Crippen LogP contribution in [-0.2, 0) is 13.0 Å². The molecule has 1 N–H and O–H groups in total. The van der Waals surface area contributed by atoms with Gasteiger partial charge in [-0.2, -0.15) is 0 Å². The van der Waals surface area contributed by atoms with Crippen LogP contribution in [0.15, 0.2) is 6.07 Å². The van der Waals surface area contributed by atoms with Crippen LogP contribution in [0.5, 0.6) is 0 Å². The van der Waals surface area contributed by atoms with E-state index in [-0.39, 0.29) is 0 Å². The first-order valence-electron chi connectivity index (χ1n) is 5.60. The van der Waals surface area contributed by atoms with Crippen molar-refractivity contribution in [3.05, 3.63) is 28.3 Å². The molecule has 15 heavy (non-hydrogen) atoms. The Morgan fingerprint density at radius 1 is 1.33 bits per heavy atom. The highest BCUT2D eigenvalue weighted by Crippen LogP contribution is 2.30. The average Bonchev–Trinajstić information content (AvgIpc) is 2.59. The second kappa shape index (κ2) is 3.86. The van der Waals surface area contributed by atoms with Crippen LogP contribution in [0, 0.1) is 13.8 Å². The molecule has 0 saturated heterocycles. The van der Waals surface area contributed by atoms with Crippen LogP contribution in [0.4, 0.5) is 5.69 Å². The number of benzene rings is 1. The summed E-state index contributed by atoms with van der Waals surface area (Å²) in [5, 5.41) is 3.45. The molecule has 1 aliphatic heterocycles. The number of fused-ring (bicyclic) bond motifs is 1. The zero-order valence-corrected chi connectivity index (χ0v) is 10.1. The van der Waals surface area contributed by atoms with Gasteiger partial charge in [0, 0.05) is 18.8 Å². The van der Waals surface area contributed by atoms with Crippen LogP contribution in [0.2, 0.25) is 0 Å². The summed E-state index contributed by atoms with van der Waals surface area (Å²) in [4.78, 5) is 2.24. The van der Waals surface area contributed by atoms with Crippen LogP contribution in [-0.4, -0.2) is 25.5 Å². The van der Waals surface area contributed by atoms with Gasteiger partial charge in [0.15, 0.2) is 0 Å². The van der Waals surface area contributed by atoms with Crippen LogP contribution in [0.1, 0.15) is 22.3 Å². The van der Waals surface area contributed by atoms with Gasteiger partial charge in [-0.05, 0) is 62.7 Å². The molecule has 0 amide bonds. The second-order valence-corrected chi connectivity index (χ2v) is 4.74. The molecule has 2 rings (SSSR count).